The lowest BCUT2D eigenvalue weighted by Gasteiger charge is -2.09. The van der Waals surface area contributed by atoms with Crippen LogP contribution in [0, 0.1) is 0 Å². The number of amides is 1. The van der Waals surface area contributed by atoms with Gasteiger partial charge in [0.1, 0.15) is 0 Å². The van der Waals surface area contributed by atoms with Gasteiger partial charge in [0.2, 0.25) is 5.91 Å². The zero-order chi connectivity index (χ0) is 16.0. The summed E-state index contributed by atoms with van der Waals surface area (Å²) in [6.07, 6.45) is 0.651. The topological polar surface area (TPSA) is 75.3 Å². The standard InChI is InChI=1S/C15H22N2O3S2.ClH/c1-2-16-9-12-4-3-5-13(8-12)17-15(18)10-21-14-6-7-22(19,20)11-14;/h3-5,8,14,16H,2,6-7,9-11H2,1H3,(H,17,18);1H. The molecule has 0 saturated carbocycles. The van der Waals surface area contributed by atoms with E-state index in [0.29, 0.717) is 6.42 Å². The van der Waals surface area contributed by atoms with Gasteiger partial charge in [-0.3, -0.25) is 4.79 Å². The summed E-state index contributed by atoms with van der Waals surface area (Å²) in [7, 11) is -2.88. The molecule has 2 rings (SSSR count). The lowest BCUT2D eigenvalue weighted by Crippen LogP contribution is -2.17. The second-order valence-electron chi connectivity index (χ2n) is 5.36. The van der Waals surface area contributed by atoms with Gasteiger partial charge >= 0.3 is 0 Å². The maximum Gasteiger partial charge on any atom is 0.234 e. The van der Waals surface area contributed by atoms with Gasteiger partial charge in [-0.15, -0.1) is 24.2 Å². The fraction of sp³-hybridized carbons (Fsp3) is 0.533. The molecule has 5 nitrogen and oxygen atoms in total. The molecule has 0 bridgehead atoms. The molecule has 0 radical (unpaired) electrons. The van der Waals surface area contributed by atoms with Crippen molar-refractivity contribution in [2.45, 2.75) is 25.1 Å². The van der Waals surface area contributed by atoms with Crippen LogP contribution in [-0.4, -0.2) is 43.4 Å². The Morgan fingerprint density at radius 1 is 1.39 bits per heavy atom. The van der Waals surface area contributed by atoms with Crippen LogP contribution in [0.4, 0.5) is 5.69 Å². The largest absolute Gasteiger partial charge is 0.325 e. The highest BCUT2D eigenvalue weighted by molar-refractivity contribution is 8.02. The third-order valence-electron chi connectivity index (χ3n) is 3.43. The van der Waals surface area contributed by atoms with E-state index in [2.05, 4.69) is 10.6 Å². The minimum absolute atomic E-state index is 0. The van der Waals surface area contributed by atoms with E-state index in [9.17, 15) is 13.2 Å². The highest BCUT2D eigenvalue weighted by atomic mass is 35.5. The molecule has 1 saturated heterocycles. The summed E-state index contributed by atoms with van der Waals surface area (Å²) in [5.74, 6) is 0.648. The Morgan fingerprint density at radius 2 is 2.17 bits per heavy atom. The van der Waals surface area contributed by atoms with E-state index >= 15 is 0 Å². The van der Waals surface area contributed by atoms with Gasteiger partial charge in [-0.05, 0) is 30.7 Å². The Balaban J connectivity index is 0.00000264. The Morgan fingerprint density at radius 3 is 2.83 bits per heavy atom. The van der Waals surface area contributed by atoms with Gasteiger partial charge in [0.05, 0.1) is 17.3 Å². The van der Waals surface area contributed by atoms with Gasteiger partial charge in [0.15, 0.2) is 9.84 Å². The number of hydrogen-bond acceptors (Lipinski definition) is 5. The number of sulfone groups is 1. The highest BCUT2D eigenvalue weighted by Crippen LogP contribution is 2.24. The number of hydrogen-bond donors (Lipinski definition) is 2. The molecule has 0 aliphatic carbocycles. The summed E-state index contributed by atoms with van der Waals surface area (Å²) < 4.78 is 22.8. The number of carbonyl (C=O) groups is 1. The van der Waals surface area contributed by atoms with E-state index in [1.807, 2.05) is 31.2 Å². The van der Waals surface area contributed by atoms with Crippen LogP contribution >= 0.6 is 24.2 Å². The van der Waals surface area contributed by atoms with Crippen molar-refractivity contribution in [3.63, 3.8) is 0 Å². The second kappa shape index (κ2) is 9.52. The van der Waals surface area contributed by atoms with Crippen molar-refractivity contribution in [3.05, 3.63) is 29.8 Å². The van der Waals surface area contributed by atoms with E-state index in [1.54, 1.807) is 0 Å². The van der Waals surface area contributed by atoms with Crippen LogP contribution in [0.15, 0.2) is 24.3 Å². The second-order valence-corrected chi connectivity index (χ2v) is 8.88. The average molecular weight is 379 g/mol. The molecule has 1 aliphatic heterocycles. The Labute approximate surface area is 148 Å². The van der Waals surface area contributed by atoms with Gasteiger partial charge in [0, 0.05) is 17.5 Å². The number of nitrogens with one attached hydrogen (secondary N) is 2. The van der Waals surface area contributed by atoms with E-state index in [4.69, 9.17) is 0 Å². The first-order valence-electron chi connectivity index (χ1n) is 7.40. The number of anilines is 1. The SMILES string of the molecule is CCNCc1cccc(NC(=O)CSC2CCS(=O)(=O)C2)c1.Cl. The van der Waals surface area contributed by atoms with E-state index in [1.165, 1.54) is 11.8 Å². The monoisotopic (exact) mass is 378 g/mol. The lowest BCUT2D eigenvalue weighted by molar-refractivity contribution is -0.113. The normalized spacial score (nSPS) is 19.1. The molecule has 1 aromatic carbocycles. The molecule has 1 heterocycles. The molecule has 0 aromatic heterocycles. The smallest absolute Gasteiger partial charge is 0.234 e. The van der Waals surface area contributed by atoms with Crippen molar-refractivity contribution in [3.8, 4) is 0 Å². The van der Waals surface area contributed by atoms with E-state index < -0.39 is 9.84 Å². The van der Waals surface area contributed by atoms with Crippen LogP contribution in [0.5, 0.6) is 0 Å². The summed E-state index contributed by atoms with van der Waals surface area (Å²) in [4.78, 5) is 12.0. The molecule has 1 aromatic rings. The van der Waals surface area contributed by atoms with Crippen molar-refractivity contribution in [2.24, 2.45) is 0 Å². The highest BCUT2D eigenvalue weighted by Gasteiger charge is 2.28. The molecular weight excluding hydrogens is 356 g/mol. The zero-order valence-electron chi connectivity index (χ0n) is 13.1. The molecule has 2 N–H and O–H groups in total. The predicted molar refractivity (Wildman–Crippen MR) is 99.2 cm³/mol. The molecule has 1 fully saturated rings. The Bertz CT molecular complexity index is 623. The van der Waals surface area contributed by atoms with Crippen LogP contribution < -0.4 is 10.6 Å². The fourth-order valence-electron chi connectivity index (χ4n) is 2.31. The summed E-state index contributed by atoms with van der Waals surface area (Å²) >= 11 is 1.43. The Kier molecular flexibility index (Phi) is 8.39. The number of halogens is 1. The van der Waals surface area contributed by atoms with Crippen molar-refractivity contribution < 1.29 is 13.2 Å². The van der Waals surface area contributed by atoms with Crippen molar-refractivity contribution in [1.29, 1.82) is 0 Å². The quantitative estimate of drug-likeness (QED) is 0.759. The number of thioether (sulfide) groups is 1. The molecule has 1 aliphatic rings. The molecule has 1 atom stereocenters. The van der Waals surface area contributed by atoms with Crippen molar-refractivity contribution in [2.75, 3.05) is 29.1 Å². The first kappa shape index (κ1) is 20.3. The first-order valence-corrected chi connectivity index (χ1v) is 10.3. The maximum absolute atomic E-state index is 12.0. The molecule has 0 spiro atoms. The van der Waals surface area contributed by atoms with Gasteiger partial charge in [0.25, 0.3) is 0 Å². The van der Waals surface area contributed by atoms with E-state index in [-0.39, 0.29) is 40.8 Å². The van der Waals surface area contributed by atoms with Crippen LogP contribution in [0.25, 0.3) is 0 Å². The average Bonchev–Trinajstić information content (AvgIpc) is 2.83. The van der Waals surface area contributed by atoms with Crippen molar-refractivity contribution >= 4 is 45.6 Å². The van der Waals surface area contributed by atoms with Crippen LogP contribution in [-0.2, 0) is 21.2 Å². The molecule has 23 heavy (non-hydrogen) atoms. The molecular formula is C15H23ClN2O3S2. The van der Waals surface area contributed by atoms with Gasteiger partial charge in [-0.1, -0.05) is 19.1 Å². The molecule has 1 unspecified atom stereocenters. The summed E-state index contributed by atoms with van der Waals surface area (Å²) in [6.45, 7) is 3.72. The third-order valence-corrected chi connectivity index (χ3v) is 6.71. The van der Waals surface area contributed by atoms with E-state index in [0.717, 1.165) is 24.3 Å². The van der Waals surface area contributed by atoms with Crippen molar-refractivity contribution in [1.82, 2.24) is 5.32 Å². The molecule has 130 valence electrons. The lowest BCUT2D eigenvalue weighted by atomic mass is 10.2. The number of carbonyl (C=O) groups excluding carboxylic acids is 1. The number of benzene rings is 1. The first-order chi connectivity index (χ1) is 10.5. The van der Waals surface area contributed by atoms with Gasteiger partial charge in [-0.2, -0.15) is 0 Å². The van der Waals surface area contributed by atoms with Crippen LogP contribution in [0.3, 0.4) is 0 Å². The molecule has 1 amide bonds. The summed E-state index contributed by atoms with van der Waals surface area (Å²) in [5, 5.41) is 6.16. The maximum atomic E-state index is 12.0. The number of rotatable bonds is 7. The molecule has 8 heteroatoms. The van der Waals surface area contributed by atoms with Crippen LogP contribution in [0.1, 0.15) is 18.9 Å². The summed E-state index contributed by atoms with van der Waals surface area (Å²) in [6, 6.07) is 7.73. The Hall–Kier alpha value is -0.760. The minimum atomic E-state index is -2.88. The zero-order valence-corrected chi connectivity index (χ0v) is 15.5. The predicted octanol–water partition coefficient (Wildman–Crippen LogP) is 2.08. The third kappa shape index (κ3) is 7.12. The minimum Gasteiger partial charge on any atom is -0.325 e. The van der Waals surface area contributed by atoms with Crippen LogP contribution in [0.2, 0.25) is 0 Å². The van der Waals surface area contributed by atoms with Gasteiger partial charge < -0.3 is 10.6 Å². The van der Waals surface area contributed by atoms with Gasteiger partial charge in [-0.25, -0.2) is 8.42 Å². The fourth-order valence-corrected chi connectivity index (χ4v) is 5.75. The summed E-state index contributed by atoms with van der Waals surface area (Å²) in [5.41, 5.74) is 1.90.